The van der Waals surface area contributed by atoms with Crippen molar-refractivity contribution >= 4 is 11.9 Å². The Morgan fingerprint density at radius 2 is 2.00 bits per heavy atom. The molecule has 1 amide bonds. The van der Waals surface area contributed by atoms with Crippen molar-refractivity contribution < 1.29 is 14.3 Å². The first-order valence-corrected chi connectivity index (χ1v) is 7.08. The lowest BCUT2D eigenvalue weighted by Gasteiger charge is -2.18. The molecule has 21 heavy (non-hydrogen) atoms. The van der Waals surface area contributed by atoms with E-state index in [9.17, 15) is 9.59 Å². The minimum absolute atomic E-state index is 0.0266. The monoisotopic (exact) mass is 294 g/mol. The molecule has 1 fully saturated rings. The Morgan fingerprint density at radius 1 is 1.38 bits per heavy atom. The van der Waals surface area contributed by atoms with E-state index in [1.54, 1.807) is 39.6 Å². The number of hydrogen-bond donors (Lipinski definition) is 0. The molecule has 0 spiro atoms. The second-order valence-corrected chi connectivity index (χ2v) is 6.42. The third-order valence-electron chi connectivity index (χ3n) is 3.35. The van der Waals surface area contributed by atoms with Gasteiger partial charge >= 0.3 is 5.97 Å². The summed E-state index contributed by atoms with van der Waals surface area (Å²) in [7, 11) is 1.79. The topological polar surface area (TPSA) is 77.3 Å². The summed E-state index contributed by atoms with van der Waals surface area (Å²) in [4.78, 5) is 25.8. The Kier molecular flexibility index (Phi) is 4.02. The lowest BCUT2D eigenvalue weighted by atomic mass is 10.2. The van der Waals surface area contributed by atoms with E-state index in [1.165, 1.54) is 4.68 Å². The molecule has 1 aromatic rings. The number of likely N-dealkylation sites (N-methyl/N-ethyl adjacent to an activating group) is 1. The fourth-order valence-corrected chi connectivity index (χ4v) is 1.93. The number of aromatic nitrogens is 3. The van der Waals surface area contributed by atoms with Gasteiger partial charge in [0.2, 0.25) is 5.91 Å². The SMILES string of the molecule is Cc1c(C(=O)OC(C)(C)C)nnn1CC(=O)N(C)C1CC1. The Bertz CT molecular complexity index is 555. The highest BCUT2D eigenvalue weighted by Crippen LogP contribution is 2.25. The number of esters is 1. The molecule has 7 heteroatoms. The molecule has 0 N–H and O–H groups in total. The molecule has 116 valence electrons. The fraction of sp³-hybridized carbons (Fsp3) is 0.714. The van der Waals surface area contributed by atoms with Gasteiger partial charge in [-0.05, 0) is 40.5 Å². The predicted octanol–water partition coefficient (Wildman–Crippen LogP) is 1.16. The normalized spacial score (nSPS) is 14.9. The number of hydrogen-bond acceptors (Lipinski definition) is 5. The van der Waals surface area contributed by atoms with Crippen LogP contribution in [0.1, 0.15) is 49.8 Å². The van der Waals surface area contributed by atoms with Crippen LogP contribution >= 0.6 is 0 Å². The maximum atomic E-state index is 12.1. The number of carbonyl (C=O) groups is 2. The van der Waals surface area contributed by atoms with Gasteiger partial charge in [0, 0.05) is 13.1 Å². The van der Waals surface area contributed by atoms with E-state index in [2.05, 4.69) is 10.3 Å². The van der Waals surface area contributed by atoms with E-state index in [0.29, 0.717) is 11.7 Å². The predicted molar refractivity (Wildman–Crippen MR) is 75.7 cm³/mol. The summed E-state index contributed by atoms with van der Waals surface area (Å²) in [6.45, 7) is 7.18. The lowest BCUT2D eigenvalue weighted by molar-refractivity contribution is -0.131. The van der Waals surface area contributed by atoms with Gasteiger partial charge in [0.25, 0.3) is 0 Å². The maximum Gasteiger partial charge on any atom is 0.361 e. The van der Waals surface area contributed by atoms with Gasteiger partial charge in [0.15, 0.2) is 5.69 Å². The third kappa shape index (κ3) is 3.80. The first-order valence-electron chi connectivity index (χ1n) is 7.08. The molecule has 7 nitrogen and oxygen atoms in total. The number of nitrogens with zero attached hydrogens (tertiary/aromatic N) is 4. The maximum absolute atomic E-state index is 12.1. The second kappa shape index (κ2) is 5.46. The van der Waals surface area contributed by atoms with E-state index in [0.717, 1.165) is 12.8 Å². The number of ether oxygens (including phenoxy) is 1. The average Bonchev–Trinajstić information content (AvgIpc) is 3.13. The van der Waals surface area contributed by atoms with Crippen LogP contribution in [0.5, 0.6) is 0 Å². The standard InChI is InChI=1S/C14H22N4O3/c1-9-12(13(20)21-14(2,3)4)15-16-18(9)8-11(19)17(5)10-6-7-10/h10H,6-8H2,1-5H3. The molecular weight excluding hydrogens is 272 g/mol. The zero-order valence-electron chi connectivity index (χ0n) is 13.2. The van der Waals surface area contributed by atoms with Gasteiger partial charge in [-0.1, -0.05) is 5.21 Å². The van der Waals surface area contributed by atoms with Crippen LogP contribution in [0.2, 0.25) is 0 Å². The minimum atomic E-state index is -0.588. The van der Waals surface area contributed by atoms with Crippen LogP contribution in [0, 0.1) is 6.92 Å². The van der Waals surface area contributed by atoms with E-state index < -0.39 is 11.6 Å². The highest BCUT2D eigenvalue weighted by atomic mass is 16.6. The summed E-state index contributed by atoms with van der Waals surface area (Å²) in [6.07, 6.45) is 2.11. The van der Waals surface area contributed by atoms with Crippen LogP contribution in [0.4, 0.5) is 0 Å². The molecule has 0 bridgehead atoms. The first kappa shape index (κ1) is 15.5. The van der Waals surface area contributed by atoms with Gasteiger partial charge in [-0.2, -0.15) is 0 Å². The molecule has 0 atom stereocenters. The van der Waals surface area contributed by atoms with Crippen LogP contribution in [0.3, 0.4) is 0 Å². The summed E-state index contributed by atoms with van der Waals surface area (Å²) in [5.74, 6) is -0.546. The Morgan fingerprint density at radius 3 is 2.52 bits per heavy atom. The molecule has 1 saturated carbocycles. The van der Waals surface area contributed by atoms with Crippen molar-refractivity contribution in [2.24, 2.45) is 0 Å². The van der Waals surface area contributed by atoms with Gasteiger partial charge in [-0.25, -0.2) is 9.48 Å². The Labute approximate surface area is 124 Å². The van der Waals surface area contributed by atoms with Crippen LogP contribution in [-0.4, -0.2) is 50.5 Å². The van der Waals surface area contributed by atoms with Crippen molar-refractivity contribution in [3.05, 3.63) is 11.4 Å². The zero-order valence-corrected chi connectivity index (χ0v) is 13.2. The summed E-state index contributed by atoms with van der Waals surface area (Å²) in [5, 5.41) is 7.73. The average molecular weight is 294 g/mol. The summed E-state index contributed by atoms with van der Waals surface area (Å²) in [5.41, 5.74) is 0.114. The van der Waals surface area contributed by atoms with Crippen LogP contribution in [0.25, 0.3) is 0 Å². The van der Waals surface area contributed by atoms with Crippen molar-refractivity contribution in [1.82, 2.24) is 19.9 Å². The van der Waals surface area contributed by atoms with Crippen LogP contribution < -0.4 is 0 Å². The third-order valence-corrected chi connectivity index (χ3v) is 3.35. The van der Waals surface area contributed by atoms with Crippen molar-refractivity contribution in [2.75, 3.05) is 7.05 Å². The summed E-state index contributed by atoms with van der Waals surface area (Å²) < 4.78 is 6.71. The van der Waals surface area contributed by atoms with Gasteiger partial charge in [-0.3, -0.25) is 4.79 Å². The largest absolute Gasteiger partial charge is 0.455 e. The van der Waals surface area contributed by atoms with Crippen molar-refractivity contribution in [3.63, 3.8) is 0 Å². The van der Waals surface area contributed by atoms with E-state index in [1.807, 2.05) is 0 Å². The molecular formula is C14H22N4O3. The van der Waals surface area contributed by atoms with Crippen molar-refractivity contribution in [1.29, 1.82) is 0 Å². The number of amides is 1. The zero-order chi connectivity index (χ0) is 15.8. The fourth-order valence-electron chi connectivity index (χ4n) is 1.93. The van der Waals surface area contributed by atoms with Gasteiger partial charge < -0.3 is 9.64 Å². The minimum Gasteiger partial charge on any atom is -0.455 e. The molecule has 1 heterocycles. The van der Waals surface area contributed by atoms with E-state index in [4.69, 9.17) is 4.74 Å². The first-order chi connectivity index (χ1) is 9.69. The summed E-state index contributed by atoms with van der Waals surface area (Å²) >= 11 is 0. The van der Waals surface area contributed by atoms with Crippen LogP contribution in [-0.2, 0) is 16.1 Å². The molecule has 1 aliphatic rings. The van der Waals surface area contributed by atoms with E-state index in [-0.39, 0.29) is 18.1 Å². The lowest BCUT2D eigenvalue weighted by Crippen LogP contribution is -2.32. The number of rotatable bonds is 4. The highest BCUT2D eigenvalue weighted by Gasteiger charge is 2.30. The van der Waals surface area contributed by atoms with Crippen molar-refractivity contribution in [2.45, 2.75) is 58.7 Å². The molecule has 0 unspecified atom stereocenters. The molecule has 0 aromatic carbocycles. The molecule has 2 rings (SSSR count). The molecule has 0 saturated heterocycles. The Hall–Kier alpha value is -1.92. The van der Waals surface area contributed by atoms with Gasteiger partial charge in [-0.15, -0.1) is 5.10 Å². The molecule has 1 aliphatic carbocycles. The summed E-state index contributed by atoms with van der Waals surface area (Å²) in [6, 6.07) is 0.353. The second-order valence-electron chi connectivity index (χ2n) is 6.42. The molecule has 1 aromatic heterocycles. The van der Waals surface area contributed by atoms with Crippen LogP contribution in [0.15, 0.2) is 0 Å². The number of carbonyl (C=O) groups excluding carboxylic acids is 2. The van der Waals surface area contributed by atoms with E-state index >= 15 is 0 Å². The molecule has 0 radical (unpaired) electrons. The smallest absolute Gasteiger partial charge is 0.361 e. The van der Waals surface area contributed by atoms with Gasteiger partial charge in [0.1, 0.15) is 12.1 Å². The highest BCUT2D eigenvalue weighted by molar-refractivity contribution is 5.88. The Balaban J connectivity index is 2.06. The van der Waals surface area contributed by atoms with Gasteiger partial charge in [0.05, 0.1) is 5.69 Å². The van der Waals surface area contributed by atoms with Crippen molar-refractivity contribution in [3.8, 4) is 0 Å². The quantitative estimate of drug-likeness (QED) is 0.779. The molecule has 0 aliphatic heterocycles.